The lowest BCUT2D eigenvalue weighted by Gasteiger charge is -2.20. The summed E-state index contributed by atoms with van der Waals surface area (Å²) in [6, 6.07) is 20.2. The minimum absolute atomic E-state index is 0.382. The van der Waals surface area contributed by atoms with Gasteiger partial charge in [-0.15, -0.1) is 0 Å². The maximum atomic E-state index is 12.9. The molecule has 1 unspecified atom stereocenters. The van der Waals surface area contributed by atoms with Crippen LogP contribution in [0, 0.1) is 0 Å². The second-order valence-corrected chi connectivity index (χ2v) is 6.57. The number of rotatable bonds is 6. The van der Waals surface area contributed by atoms with Gasteiger partial charge in [-0.1, -0.05) is 60.7 Å². The molecule has 1 N–H and O–H groups in total. The van der Waals surface area contributed by atoms with E-state index in [4.69, 9.17) is 0 Å². The fraction of sp³-hybridized carbons (Fsp3) is 0.182. The summed E-state index contributed by atoms with van der Waals surface area (Å²) in [5.41, 5.74) is -0.676. The van der Waals surface area contributed by atoms with E-state index in [2.05, 4.69) is 5.32 Å². The third-order valence-electron chi connectivity index (χ3n) is 4.46. The number of benzene rings is 2. The number of nitrogens with one attached hydrogen (secondary N) is 1. The molecule has 0 aliphatic heterocycles. The Morgan fingerprint density at radius 3 is 2.17 bits per heavy atom. The summed E-state index contributed by atoms with van der Waals surface area (Å²) in [4.78, 5) is 24.6. The molecular formula is C22H19F3N2O2. The van der Waals surface area contributed by atoms with Gasteiger partial charge in [0.1, 0.15) is 12.1 Å². The van der Waals surface area contributed by atoms with Gasteiger partial charge < -0.3 is 9.88 Å². The predicted octanol–water partition coefficient (Wildman–Crippen LogP) is 3.97. The number of amides is 1. The Morgan fingerprint density at radius 2 is 1.55 bits per heavy atom. The highest BCUT2D eigenvalue weighted by molar-refractivity contribution is 5.76. The van der Waals surface area contributed by atoms with Gasteiger partial charge in [0.15, 0.2) is 0 Å². The van der Waals surface area contributed by atoms with Gasteiger partial charge in [0, 0.05) is 6.20 Å². The number of alkyl halides is 3. The Morgan fingerprint density at radius 1 is 0.931 bits per heavy atom. The van der Waals surface area contributed by atoms with Crippen LogP contribution >= 0.6 is 0 Å². The number of halogens is 3. The smallest absolute Gasteiger partial charge is 0.347 e. The van der Waals surface area contributed by atoms with Crippen LogP contribution < -0.4 is 10.9 Å². The summed E-state index contributed by atoms with van der Waals surface area (Å²) < 4.78 is 39.5. The lowest BCUT2D eigenvalue weighted by molar-refractivity contribution is -0.139. The molecule has 0 spiro atoms. The maximum absolute atomic E-state index is 12.9. The molecule has 0 fully saturated rings. The van der Waals surface area contributed by atoms with E-state index in [0.29, 0.717) is 12.5 Å². The van der Waals surface area contributed by atoms with E-state index in [1.165, 1.54) is 6.20 Å². The maximum Gasteiger partial charge on any atom is 0.421 e. The first-order valence-electron chi connectivity index (χ1n) is 8.99. The van der Waals surface area contributed by atoms with Crippen LogP contribution in [-0.4, -0.2) is 10.5 Å². The van der Waals surface area contributed by atoms with Crippen molar-refractivity contribution >= 4 is 5.91 Å². The molecule has 1 amide bonds. The second-order valence-electron chi connectivity index (χ2n) is 6.57. The lowest BCUT2D eigenvalue weighted by atomic mass is 9.99. The minimum Gasteiger partial charge on any atom is -0.347 e. The third kappa shape index (κ3) is 5.34. The second kappa shape index (κ2) is 8.77. The standard InChI is InChI=1S/C22H19F3N2O2/c23-22(24,25)18-12-7-13-27(21(18)29)15-20(28)26-19(17-10-5-2-6-11-17)14-16-8-3-1-4-9-16/h1-13,19H,14-15H2,(H,26,28). The van der Waals surface area contributed by atoms with E-state index in [1.807, 2.05) is 60.7 Å². The van der Waals surface area contributed by atoms with E-state index in [1.54, 1.807) is 0 Å². The first-order valence-corrected chi connectivity index (χ1v) is 8.99. The van der Waals surface area contributed by atoms with Crippen LogP contribution in [0.4, 0.5) is 13.2 Å². The van der Waals surface area contributed by atoms with Crippen LogP contribution in [0.5, 0.6) is 0 Å². The van der Waals surface area contributed by atoms with Crippen molar-refractivity contribution in [2.24, 2.45) is 0 Å². The molecule has 0 aliphatic carbocycles. The summed E-state index contributed by atoms with van der Waals surface area (Å²) in [5.74, 6) is -0.545. The summed E-state index contributed by atoms with van der Waals surface area (Å²) in [7, 11) is 0. The van der Waals surface area contributed by atoms with Crippen molar-refractivity contribution in [3.63, 3.8) is 0 Å². The number of hydrogen-bond donors (Lipinski definition) is 1. The first kappa shape index (κ1) is 20.4. The van der Waals surface area contributed by atoms with Gasteiger partial charge >= 0.3 is 6.18 Å². The SMILES string of the molecule is O=C(Cn1cccc(C(F)(F)F)c1=O)NC(Cc1ccccc1)c1ccccc1. The average molecular weight is 400 g/mol. The van der Waals surface area contributed by atoms with Crippen molar-refractivity contribution in [2.45, 2.75) is 25.2 Å². The van der Waals surface area contributed by atoms with Crippen LogP contribution in [0.25, 0.3) is 0 Å². The molecule has 0 bridgehead atoms. The van der Waals surface area contributed by atoms with E-state index in [-0.39, 0.29) is 6.04 Å². The van der Waals surface area contributed by atoms with Crippen molar-refractivity contribution in [3.8, 4) is 0 Å². The molecule has 4 nitrogen and oxygen atoms in total. The highest BCUT2D eigenvalue weighted by atomic mass is 19.4. The fourth-order valence-corrected chi connectivity index (χ4v) is 3.06. The summed E-state index contributed by atoms with van der Waals surface area (Å²) in [6.07, 6.45) is -3.09. The van der Waals surface area contributed by atoms with Crippen LogP contribution in [0.15, 0.2) is 83.8 Å². The van der Waals surface area contributed by atoms with Crippen molar-refractivity contribution < 1.29 is 18.0 Å². The van der Waals surface area contributed by atoms with Gasteiger partial charge in [-0.3, -0.25) is 9.59 Å². The highest BCUT2D eigenvalue weighted by Crippen LogP contribution is 2.26. The largest absolute Gasteiger partial charge is 0.421 e. The molecule has 0 radical (unpaired) electrons. The zero-order valence-electron chi connectivity index (χ0n) is 15.4. The predicted molar refractivity (Wildman–Crippen MR) is 103 cm³/mol. The van der Waals surface area contributed by atoms with Crippen molar-refractivity contribution in [3.05, 3.63) is 106 Å². The van der Waals surface area contributed by atoms with Gasteiger partial charge in [0.05, 0.1) is 6.04 Å². The monoisotopic (exact) mass is 400 g/mol. The highest BCUT2D eigenvalue weighted by Gasteiger charge is 2.34. The molecule has 0 saturated heterocycles. The number of aromatic nitrogens is 1. The van der Waals surface area contributed by atoms with Crippen LogP contribution in [0.2, 0.25) is 0 Å². The Bertz CT molecular complexity index is 1020. The van der Waals surface area contributed by atoms with Crippen LogP contribution in [0.1, 0.15) is 22.7 Å². The number of pyridine rings is 1. The zero-order valence-corrected chi connectivity index (χ0v) is 15.4. The van der Waals surface area contributed by atoms with E-state index in [0.717, 1.165) is 21.8 Å². The molecule has 1 heterocycles. The lowest BCUT2D eigenvalue weighted by Crippen LogP contribution is -2.37. The number of carbonyl (C=O) groups is 1. The number of carbonyl (C=O) groups excluding carboxylic acids is 1. The average Bonchev–Trinajstić information content (AvgIpc) is 2.69. The van der Waals surface area contributed by atoms with Crippen LogP contribution in [-0.2, 0) is 23.9 Å². The summed E-state index contributed by atoms with van der Waals surface area (Å²) >= 11 is 0. The zero-order chi connectivity index (χ0) is 20.9. The molecule has 150 valence electrons. The minimum atomic E-state index is -4.77. The van der Waals surface area contributed by atoms with E-state index < -0.39 is 29.8 Å². The topological polar surface area (TPSA) is 51.1 Å². The molecule has 0 saturated carbocycles. The quantitative estimate of drug-likeness (QED) is 0.681. The molecule has 1 atom stereocenters. The third-order valence-corrected chi connectivity index (χ3v) is 4.46. The Kier molecular flexibility index (Phi) is 6.16. The van der Waals surface area contributed by atoms with E-state index >= 15 is 0 Å². The molecule has 7 heteroatoms. The molecule has 3 rings (SSSR count). The molecule has 0 aliphatic rings. The normalized spacial score (nSPS) is 12.4. The molecule has 3 aromatic rings. The molecule has 1 aromatic heterocycles. The molecular weight excluding hydrogens is 381 g/mol. The van der Waals surface area contributed by atoms with Crippen molar-refractivity contribution in [1.29, 1.82) is 0 Å². The van der Waals surface area contributed by atoms with Gasteiger partial charge in [-0.05, 0) is 29.7 Å². The van der Waals surface area contributed by atoms with Crippen molar-refractivity contribution in [1.82, 2.24) is 9.88 Å². The Labute approximate surface area is 165 Å². The first-order chi connectivity index (χ1) is 13.8. The number of nitrogens with zero attached hydrogens (tertiary/aromatic N) is 1. The van der Waals surface area contributed by atoms with Gasteiger partial charge in [0.25, 0.3) is 5.56 Å². The van der Waals surface area contributed by atoms with Crippen molar-refractivity contribution in [2.75, 3.05) is 0 Å². The Balaban J connectivity index is 1.80. The number of hydrogen-bond acceptors (Lipinski definition) is 2. The van der Waals surface area contributed by atoms with Crippen LogP contribution in [0.3, 0.4) is 0 Å². The van der Waals surface area contributed by atoms with Gasteiger partial charge in [-0.2, -0.15) is 13.2 Å². The summed E-state index contributed by atoms with van der Waals surface area (Å²) in [5, 5.41) is 2.84. The Hall–Kier alpha value is -3.35. The fourth-order valence-electron chi connectivity index (χ4n) is 3.06. The van der Waals surface area contributed by atoms with Gasteiger partial charge in [0.2, 0.25) is 5.91 Å². The molecule has 2 aromatic carbocycles. The van der Waals surface area contributed by atoms with E-state index in [9.17, 15) is 22.8 Å². The summed E-state index contributed by atoms with van der Waals surface area (Å²) in [6.45, 7) is -0.499. The molecule has 29 heavy (non-hydrogen) atoms. The van der Waals surface area contributed by atoms with Gasteiger partial charge in [-0.25, -0.2) is 0 Å².